The van der Waals surface area contributed by atoms with Gasteiger partial charge in [0.1, 0.15) is 0 Å². The monoisotopic (exact) mass is 294 g/mol. The average Bonchev–Trinajstić information content (AvgIpc) is 3.00. The molecule has 0 radical (unpaired) electrons. The molecular formula is C12H11BrN2O2. The van der Waals surface area contributed by atoms with Crippen LogP contribution in [0.4, 0.5) is 0 Å². The van der Waals surface area contributed by atoms with Crippen molar-refractivity contribution in [2.75, 3.05) is 13.2 Å². The van der Waals surface area contributed by atoms with Crippen LogP contribution >= 0.6 is 15.9 Å². The van der Waals surface area contributed by atoms with Gasteiger partial charge < -0.3 is 9.47 Å². The lowest BCUT2D eigenvalue weighted by Gasteiger charge is -2.04. The summed E-state index contributed by atoms with van der Waals surface area (Å²) >= 11 is 3.45. The van der Waals surface area contributed by atoms with Crippen molar-refractivity contribution >= 4 is 15.9 Å². The number of nitrogens with zero attached hydrogens (tertiary/aromatic N) is 1. The SMILES string of the molecule is Brc1cccc(-c2cc(C3OCCO3)[nH]n2)c1. The van der Waals surface area contributed by atoms with Gasteiger partial charge in [-0.05, 0) is 18.2 Å². The molecule has 17 heavy (non-hydrogen) atoms. The number of hydrogen-bond donors (Lipinski definition) is 1. The van der Waals surface area contributed by atoms with E-state index < -0.39 is 0 Å². The van der Waals surface area contributed by atoms with Crippen molar-refractivity contribution in [1.82, 2.24) is 10.2 Å². The maximum Gasteiger partial charge on any atom is 0.200 e. The number of aromatic nitrogens is 2. The van der Waals surface area contributed by atoms with Crippen molar-refractivity contribution in [3.05, 3.63) is 40.5 Å². The minimum Gasteiger partial charge on any atom is -0.345 e. The van der Waals surface area contributed by atoms with Gasteiger partial charge in [-0.2, -0.15) is 5.10 Å². The summed E-state index contributed by atoms with van der Waals surface area (Å²) in [7, 11) is 0. The quantitative estimate of drug-likeness (QED) is 0.926. The van der Waals surface area contributed by atoms with E-state index in [0.29, 0.717) is 13.2 Å². The first-order chi connectivity index (χ1) is 8.33. The topological polar surface area (TPSA) is 47.1 Å². The molecule has 2 heterocycles. The molecule has 0 aliphatic carbocycles. The number of H-pyrrole nitrogens is 1. The second kappa shape index (κ2) is 4.60. The predicted molar refractivity (Wildman–Crippen MR) is 66.4 cm³/mol. The molecule has 0 bridgehead atoms. The molecule has 2 aromatic rings. The third-order valence-electron chi connectivity index (χ3n) is 2.59. The van der Waals surface area contributed by atoms with E-state index in [9.17, 15) is 0 Å². The molecule has 3 rings (SSSR count). The van der Waals surface area contributed by atoms with E-state index in [1.165, 1.54) is 0 Å². The third kappa shape index (κ3) is 2.26. The van der Waals surface area contributed by atoms with Crippen molar-refractivity contribution in [1.29, 1.82) is 0 Å². The van der Waals surface area contributed by atoms with Crippen LogP contribution in [0.2, 0.25) is 0 Å². The lowest BCUT2D eigenvalue weighted by Crippen LogP contribution is -1.97. The first-order valence-electron chi connectivity index (χ1n) is 5.37. The van der Waals surface area contributed by atoms with Crippen LogP contribution in [-0.2, 0) is 9.47 Å². The Bertz CT molecular complexity index is 521. The summed E-state index contributed by atoms with van der Waals surface area (Å²) in [5.74, 6) is 0. The highest BCUT2D eigenvalue weighted by Crippen LogP contribution is 2.26. The van der Waals surface area contributed by atoms with E-state index in [0.717, 1.165) is 21.4 Å². The largest absolute Gasteiger partial charge is 0.345 e. The Morgan fingerprint density at radius 2 is 2.06 bits per heavy atom. The molecule has 0 spiro atoms. The van der Waals surface area contributed by atoms with Crippen molar-refractivity contribution in [2.24, 2.45) is 0 Å². The lowest BCUT2D eigenvalue weighted by molar-refractivity contribution is -0.0473. The zero-order chi connectivity index (χ0) is 11.7. The van der Waals surface area contributed by atoms with Crippen LogP contribution < -0.4 is 0 Å². The molecule has 0 saturated carbocycles. The number of ether oxygens (including phenoxy) is 2. The Labute approximate surface area is 107 Å². The normalized spacial score (nSPS) is 16.5. The predicted octanol–water partition coefficient (Wildman–Crippen LogP) is 2.88. The number of aromatic amines is 1. The highest BCUT2D eigenvalue weighted by Gasteiger charge is 2.20. The smallest absolute Gasteiger partial charge is 0.200 e. The molecule has 5 heteroatoms. The minimum atomic E-state index is -0.302. The Hall–Kier alpha value is -1.17. The standard InChI is InChI=1S/C12H11BrN2O2/c13-9-3-1-2-8(6-9)10-7-11(15-14-10)12-16-4-5-17-12/h1-3,6-7,12H,4-5H2,(H,14,15). The van der Waals surface area contributed by atoms with Crippen molar-refractivity contribution < 1.29 is 9.47 Å². The van der Waals surface area contributed by atoms with Crippen LogP contribution in [0, 0.1) is 0 Å². The lowest BCUT2D eigenvalue weighted by atomic mass is 10.1. The molecule has 88 valence electrons. The van der Waals surface area contributed by atoms with Gasteiger partial charge in [0.05, 0.1) is 24.6 Å². The first-order valence-corrected chi connectivity index (χ1v) is 6.17. The van der Waals surface area contributed by atoms with Gasteiger partial charge in [-0.1, -0.05) is 28.1 Å². The summed E-state index contributed by atoms with van der Waals surface area (Å²) < 4.78 is 11.9. The molecule has 1 aromatic heterocycles. The third-order valence-corrected chi connectivity index (χ3v) is 3.09. The number of halogens is 1. The van der Waals surface area contributed by atoms with Crippen molar-refractivity contribution in [3.8, 4) is 11.3 Å². The average molecular weight is 295 g/mol. The molecular weight excluding hydrogens is 284 g/mol. The molecule has 4 nitrogen and oxygen atoms in total. The van der Waals surface area contributed by atoms with Crippen LogP contribution in [0.5, 0.6) is 0 Å². The van der Waals surface area contributed by atoms with Crippen LogP contribution in [0.15, 0.2) is 34.8 Å². The van der Waals surface area contributed by atoms with Crippen LogP contribution in [0.3, 0.4) is 0 Å². The Morgan fingerprint density at radius 1 is 1.24 bits per heavy atom. The van der Waals surface area contributed by atoms with E-state index in [-0.39, 0.29) is 6.29 Å². The first kappa shape index (κ1) is 11.0. The van der Waals surface area contributed by atoms with Gasteiger partial charge in [0.2, 0.25) is 6.29 Å². The summed E-state index contributed by atoms with van der Waals surface area (Å²) in [5, 5.41) is 7.22. The van der Waals surface area contributed by atoms with E-state index in [1.807, 2.05) is 30.3 Å². The second-order valence-corrected chi connectivity index (χ2v) is 4.71. The Balaban J connectivity index is 1.89. The number of nitrogens with one attached hydrogen (secondary N) is 1. The number of hydrogen-bond acceptors (Lipinski definition) is 3. The molecule has 0 unspecified atom stereocenters. The van der Waals surface area contributed by atoms with Gasteiger partial charge >= 0.3 is 0 Å². The van der Waals surface area contributed by atoms with Gasteiger partial charge in [0, 0.05) is 10.0 Å². The Kier molecular flexibility index (Phi) is 2.96. The van der Waals surface area contributed by atoms with Crippen LogP contribution in [-0.4, -0.2) is 23.4 Å². The summed E-state index contributed by atoms with van der Waals surface area (Å²) in [4.78, 5) is 0. The van der Waals surface area contributed by atoms with Gasteiger partial charge in [-0.15, -0.1) is 0 Å². The number of benzene rings is 1. The summed E-state index contributed by atoms with van der Waals surface area (Å²) in [6.07, 6.45) is -0.302. The summed E-state index contributed by atoms with van der Waals surface area (Å²) in [5.41, 5.74) is 2.80. The van der Waals surface area contributed by atoms with E-state index >= 15 is 0 Å². The molecule has 0 atom stereocenters. The molecule has 1 aliphatic rings. The van der Waals surface area contributed by atoms with Gasteiger partial charge in [0.25, 0.3) is 0 Å². The van der Waals surface area contributed by atoms with E-state index in [2.05, 4.69) is 26.1 Å². The van der Waals surface area contributed by atoms with Gasteiger partial charge in [-0.3, -0.25) is 5.10 Å². The molecule has 1 aliphatic heterocycles. The van der Waals surface area contributed by atoms with E-state index in [1.54, 1.807) is 0 Å². The molecule has 1 N–H and O–H groups in total. The highest BCUT2D eigenvalue weighted by atomic mass is 79.9. The van der Waals surface area contributed by atoms with E-state index in [4.69, 9.17) is 9.47 Å². The zero-order valence-electron chi connectivity index (χ0n) is 9.02. The minimum absolute atomic E-state index is 0.302. The second-order valence-electron chi connectivity index (χ2n) is 3.79. The van der Waals surface area contributed by atoms with Crippen molar-refractivity contribution in [3.63, 3.8) is 0 Å². The summed E-state index contributed by atoms with van der Waals surface area (Å²) in [6, 6.07) is 9.96. The summed E-state index contributed by atoms with van der Waals surface area (Å²) in [6.45, 7) is 1.27. The van der Waals surface area contributed by atoms with Crippen molar-refractivity contribution in [2.45, 2.75) is 6.29 Å². The fourth-order valence-electron chi connectivity index (χ4n) is 1.79. The fraction of sp³-hybridized carbons (Fsp3) is 0.250. The fourth-order valence-corrected chi connectivity index (χ4v) is 2.19. The number of rotatable bonds is 2. The molecule has 1 fully saturated rings. The zero-order valence-corrected chi connectivity index (χ0v) is 10.6. The van der Waals surface area contributed by atoms with Gasteiger partial charge in [0.15, 0.2) is 0 Å². The molecule has 1 aromatic carbocycles. The molecule has 0 amide bonds. The highest BCUT2D eigenvalue weighted by molar-refractivity contribution is 9.10. The molecule has 1 saturated heterocycles. The maximum absolute atomic E-state index is 5.41. The Morgan fingerprint density at radius 3 is 2.82 bits per heavy atom. The van der Waals surface area contributed by atoms with Crippen LogP contribution in [0.25, 0.3) is 11.3 Å². The van der Waals surface area contributed by atoms with Gasteiger partial charge in [-0.25, -0.2) is 0 Å². The van der Waals surface area contributed by atoms with Crippen LogP contribution in [0.1, 0.15) is 12.0 Å². The maximum atomic E-state index is 5.41.